The van der Waals surface area contributed by atoms with Crippen LogP contribution in [0.4, 0.5) is 0 Å². The maximum absolute atomic E-state index is 13.0. The number of carbonyl (C=O) groups is 2. The Morgan fingerprint density at radius 3 is 1.24 bits per heavy atom. The van der Waals surface area contributed by atoms with E-state index in [4.69, 9.17) is 14.2 Å². The SMILES string of the molecule is CCCCC/C=C\C/C=C\CCCCCCCCCC(=O)OCCCCCCCCCCC/C=C\C/C=C\CCCCCCCCCCCCCCCCCC(=O)NC(COC1OC(CO)C(O)C(O)C1O)C(O)/C=C/CC/C=C/CCCCC. The van der Waals surface area contributed by atoms with Crippen molar-refractivity contribution in [3.63, 3.8) is 0 Å². The van der Waals surface area contributed by atoms with E-state index in [-0.39, 0.29) is 18.5 Å². The predicted molar refractivity (Wildman–Crippen MR) is 356 cm³/mol. The van der Waals surface area contributed by atoms with Crippen LogP contribution in [0.1, 0.15) is 322 Å². The summed E-state index contributed by atoms with van der Waals surface area (Å²) in [4.78, 5) is 25.1. The Morgan fingerprint density at radius 2 is 0.800 bits per heavy atom. The third-order valence-electron chi connectivity index (χ3n) is 16.5. The van der Waals surface area contributed by atoms with Gasteiger partial charge in [0.15, 0.2) is 6.29 Å². The summed E-state index contributed by atoms with van der Waals surface area (Å²) in [6.45, 7) is 4.26. The van der Waals surface area contributed by atoms with Crippen LogP contribution in [0.2, 0.25) is 0 Å². The van der Waals surface area contributed by atoms with Gasteiger partial charge in [-0.15, -0.1) is 0 Å². The van der Waals surface area contributed by atoms with Gasteiger partial charge in [-0.3, -0.25) is 9.59 Å². The molecule has 0 saturated carbocycles. The fourth-order valence-corrected chi connectivity index (χ4v) is 10.9. The first-order valence-electron chi connectivity index (χ1n) is 35.7. The minimum absolute atomic E-state index is 0.00328. The van der Waals surface area contributed by atoms with Crippen molar-refractivity contribution >= 4 is 11.9 Å². The molecule has 85 heavy (non-hydrogen) atoms. The molecule has 7 atom stereocenters. The van der Waals surface area contributed by atoms with Gasteiger partial charge in [-0.25, -0.2) is 0 Å². The lowest BCUT2D eigenvalue weighted by atomic mass is 9.99. The number of ether oxygens (including phenoxy) is 3. The van der Waals surface area contributed by atoms with E-state index in [1.165, 1.54) is 225 Å². The zero-order chi connectivity index (χ0) is 61.6. The number of carbonyl (C=O) groups excluding carboxylic acids is 2. The van der Waals surface area contributed by atoms with Crippen molar-refractivity contribution in [2.45, 2.75) is 365 Å². The molecule has 1 amide bonds. The number of unbranched alkanes of at least 4 members (excludes halogenated alkanes) is 38. The molecule has 1 saturated heterocycles. The molecule has 0 radical (unpaired) electrons. The van der Waals surface area contributed by atoms with E-state index in [9.17, 15) is 35.1 Å². The van der Waals surface area contributed by atoms with E-state index in [0.717, 1.165) is 70.6 Å². The molecule has 0 aromatic rings. The monoisotopic (exact) mass is 1200 g/mol. The first-order chi connectivity index (χ1) is 41.7. The lowest BCUT2D eigenvalue weighted by Crippen LogP contribution is -2.60. The van der Waals surface area contributed by atoms with E-state index in [1.807, 2.05) is 6.08 Å². The van der Waals surface area contributed by atoms with Crippen molar-refractivity contribution in [1.82, 2.24) is 5.32 Å². The van der Waals surface area contributed by atoms with Gasteiger partial charge in [0.25, 0.3) is 0 Å². The van der Waals surface area contributed by atoms with Gasteiger partial charge < -0.3 is 45.1 Å². The number of aliphatic hydroxyl groups excluding tert-OH is 5. The molecular formula is C74H133NO10. The molecule has 1 rings (SSSR count). The number of allylic oxidation sites excluding steroid dienone is 11. The Hall–Kier alpha value is -2.90. The van der Waals surface area contributed by atoms with E-state index >= 15 is 0 Å². The van der Waals surface area contributed by atoms with Crippen molar-refractivity contribution in [2.24, 2.45) is 0 Å². The summed E-state index contributed by atoms with van der Waals surface area (Å²) >= 11 is 0. The molecule has 1 heterocycles. The maximum Gasteiger partial charge on any atom is 0.305 e. The van der Waals surface area contributed by atoms with Gasteiger partial charge in [-0.1, -0.05) is 273 Å². The molecule has 494 valence electrons. The van der Waals surface area contributed by atoms with E-state index in [0.29, 0.717) is 19.4 Å². The minimum atomic E-state index is -1.58. The van der Waals surface area contributed by atoms with Crippen LogP contribution < -0.4 is 5.32 Å². The minimum Gasteiger partial charge on any atom is -0.466 e. The van der Waals surface area contributed by atoms with Crippen molar-refractivity contribution < 1.29 is 49.3 Å². The molecule has 11 nitrogen and oxygen atoms in total. The number of hydrogen-bond donors (Lipinski definition) is 6. The fourth-order valence-electron chi connectivity index (χ4n) is 10.9. The van der Waals surface area contributed by atoms with Crippen LogP contribution in [-0.2, 0) is 23.8 Å². The highest BCUT2D eigenvalue weighted by atomic mass is 16.7. The van der Waals surface area contributed by atoms with Crippen LogP contribution in [-0.4, -0.2) is 100 Å². The van der Waals surface area contributed by atoms with Gasteiger partial charge in [0.05, 0.1) is 32.0 Å². The quantitative estimate of drug-likeness (QED) is 0.0195. The molecule has 7 unspecified atom stereocenters. The lowest BCUT2D eigenvalue weighted by Gasteiger charge is -2.40. The average molecular weight is 1200 g/mol. The Kier molecular flexibility index (Phi) is 59.1. The first kappa shape index (κ1) is 80.1. The standard InChI is InChI=1S/C74H133NO10/c1-3-5-7-9-11-13-14-15-16-32-36-39-42-46-50-54-58-62-70(79)83-63-59-55-51-47-43-40-37-34-31-29-27-25-23-21-19-17-18-20-22-24-26-28-30-33-35-38-41-45-49-53-57-61-69(78)75-66(67(77)60-56-52-48-44-12-10-8-6-4-2)65-84-74-73(82)72(81)71(80)68(64-76)85-74/h11-13,15-16,19,21,25,27,44,56,60,66-68,71-74,76-77,80-82H,3-10,14,17-18,20,22-24,26,28-43,45-55,57-59,61-65H2,1-2H3,(H,75,78)/b13-11-,16-15-,21-19-,27-25-,44-12+,60-56+. The molecule has 0 aromatic heterocycles. The fraction of sp³-hybridized carbons (Fsp3) is 0.811. The number of rotatable bonds is 62. The Labute approximate surface area is 521 Å². The smallest absolute Gasteiger partial charge is 0.305 e. The first-order valence-corrected chi connectivity index (χ1v) is 35.7. The summed E-state index contributed by atoms with van der Waals surface area (Å²) in [6, 6.07) is -0.827. The number of esters is 1. The van der Waals surface area contributed by atoms with Crippen LogP contribution in [0, 0.1) is 0 Å². The molecule has 0 bridgehead atoms. The van der Waals surface area contributed by atoms with Crippen molar-refractivity contribution in [3.8, 4) is 0 Å². The highest BCUT2D eigenvalue weighted by Crippen LogP contribution is 2.23. The second-order valence-corrected chi connectivity index (χ2v) is 24.6. The highest BCUT2D eigenvalue weighted by molar-refractivity contribution is 5.76. The summed E-state index contributed by atoms with van der Waals surface area (Å²) < 4.78 is 16.7. The van der Waals surface area contributed by atoms with Crippen LogP contribution in [0.15, 0.2) is 72.9 Å². The second kappa shape index (κ2) is 62.7. The topological polar surface area (TPSA) is 175 Å². The average Bonchev–Trinajstić information content (AvgIpc) is 3.60. The molecule has 6 N–H and O–H groups in total. The van der Waals surface area contributed by atoms with E-state index in [2.05, 4.69) is 79.9 Å². The van der Waals surface area contributed by atoms with Crippen LogP contribution in [0.25, 0.3) is 0 Å². The van der Waals surface area contributed by atoms with Crippen molar-refractivity contribution in [3.05, 3.63) is 72.9 Å². The molecule has 0 aromatic carbocycles. The Bertz CT molecular complexity index is 1640. The maximum atomic E-state index is 13.0. The van der Waals surface area contributed by atoms with Crippen LogP contribution >= 0.6 is 0 Å². The number of amides is 1. The van der Waals surface area contributed by atoms with Gasteiger partial charge in [-0.05, 0) is 109 Å². The third kappa shape index (κ3) is 51.7. The third-order valence-corrected chi connectivity index (χ3v) is 16.5. The summed E-state index contributed by atoms with van der Waals surface area (Å²) in [6.07, 6.45) is 74.9. The molecule has 1 aliphatic heterocycles. The summed E-state index contributed by atoms with van der Waals surface area (Å²) in [5, 5.41) is 54.2. The summed E-state index contributed by atoms with van der Waals surface area (Å²) in [5.41, 5.74) is 0. The van der Waals surface area contributed by atoms with Crippen molar-refractivity contribution in [2.75, 3.05) is 19.8 Å². The number of hydrogen-bond acceptors (Lipinski definition) is 10. The van der Waals surface area contributed by atoms with Gasteiger partial charge in [0.1, 0.15) is 24.4 Å². The Balaban J connectivity index is 1.92. The van der Waals surface area contributed by atoms with Gasteiger partial charge in [-0.2, -0.15) is 0 Å². The highest BCUT2D eigenvalue weighted by Gasteiger charge is 2.44. The zero-order valence-corrected chi connectivity index (χ0v) is 54.8. The number of nitrogens with one attached hydrogen (secondary N) is 1. The molecule has 0 spiro atoms. The zero-order valence-electron chi connectivity index (χ0n) is 54.8. The predicted octanol–water partition coefficient (Wildman–Crippen LogP) is 18.3. The molecule has 0 aliphatic carbocycles. The lowest BCUT2D eigenvalue weighted by molar-refractivity contribution is -0.302. The summed E-state index contributed by atoms with van der Waals surface area (Å²) in [5.74, 6) is -0.197. The molecular weight excluding hydrogens is 1060 g/mol. The van der Waals surface area contributed by atoms with Crippen LogP contribution in [0.5, 0.6) is 0 Å². The van der Waals surface area contributed by atoms with Crippen molar-refractivity contribution in [1.29, 1.82) is 0 Å². The molecule has 1 aliphatic rings. The van der Waals surface area contributed by atoms with Gasteiger partial charge in [0.2, 0.25) is 5.91 Å². The Morgan fingerprint density at radius 1 is 0.435 bits per heavy atom. The second-order valence-electron chi connectivity index (χ2n) is 24.6. The number of aliphatic hydroxyl groups is 5. The van der Waals surface area contributed by atoms with E-state index in [1.54, 1.807) is 6.08 Å². The molecule has 11 heteroatoms. The van der Waals surface area contributed by atoms with E-state index < -0.39 is 49.5 Å². The largest absolute Gasteiger partial charge is 0.466 e. The van der Waals surface area contributed by atoms with Gasteiger partial charge >= 0.3 is 5.97 Å². The molecule has 1 fully saturated rings. The van der Waals surface area contributed by atoms with Gasteiger partial charge in [0, 0.05) is 12.8 Å². The summed E-state index contributed by atoms with van der Waals surface area (Å²) in [7, 11) is 0. The van der Waals surface area contributed by atoms with Crippen LogP contribution in [0.3, 0.4) is 0 Å². The normalized spacial score (nSPS) is 18.4.